The van der Waals surface area contributed by atoms with Crippen molar-refractivity contribution in [2.75, 3.05) is 10.8 Å². The second-order valence-corrected chi connectivity index (χ2v) is 13.2. The highest BCUT2D eigenvalue weighted by atomic mass is 32.2. The first-order valence-corrected chi connectivity index (χ1v) is 15.9. The second kappa shape index (κ2) is 13.5. The number of anilines is 1. The first-order chi connectivity index (χ1) is 19.9. The lowest BCUT2D eigenvalue weighted by molar-refractivity contribution is -0.139. The lowest BCUT2D eigenvalue weighted by Crippen LogP contribution is -2.53. The van der Waals surface area contributed by atoms with E-state index in [4.69, 9.17) is 0 Å². The van der Waals surface area contributed by atoms with Crippen LogP contribution in [0.25, 0.3) is 0 Å². The number of nitrogens with zero attached hydrogens (tertiary/aromatic N) is 2. The van der Waals surface area contributed by atoms with Crippen LogP contribution >= 0.6 is 0 Å². The number of hydrogen-bond acceptors (Lipinski definition) is 4. The van der Waals surface area contributed by atoms with Gasteiger partial charge in [-0.25, -0.2) is 12.8 Å². The van der Waals surface area contributed by atoms with Gasteiger partial charge in [0.1, 0.15) is 18.4 Å². The molecule has 4 rings (SSSR count). The number of nitrogens with one attached hydrogen (secondary N) is 1. The van der Waals surface area contributed by atoms with Crippen LogP contribution in [0.2, 0.25) is 0 Å². The van der Waals surface area contributed by atoms with E-state index in [9.17, 15) is 22.4 Å². The molecule has 9 heteroatoms. The summed E-state index contributed by atoms with van der Waals surface area (Å²) in [5, 5.41) is 3.09. The Hall–Kier alpha value is -3.72. The van der Waals surface area contributed by atoms with Crippen molar-refractivity contribution in [2.45, 2.75) is 83.3 Å². The Kier molecular flexibility index (Phi) is 10.0. The van der Waals surface area contributed by atoms with Gasteiger partial charge in [-0.2, -0.15) is 0 Å². The number of sulfonamides is 1. The molecule has 3 aromatic carbocycles. The molecule has 0 aromatic heterocycles. The maximum Gasteiger partial charge on any atom is 0.264 e. The van der Waals surface area contributed by atoms with Crippen LogP contribution in [-0.2, 0) is 26.2 Å². The quantitative estimate of drug-likeness (QED) is 0.321. The fourth-order valence-corrected chi connectivity index (χ4v) is 6.80. The molecule has 0 aliphatic heterocycles. The molecule has 1 saturated carbocycles. The van der Waals surface area contributed by atoms with Gasteiger partial charge in [-0.1, -0.05) is 55.2 Å². The molecular formula is C33H40FN3O4S. The topological polar surface area (TPSA) is 86.8 Å². The van der Waals surface area contributed by atoms with Crippen molar-refractivity contribution in [1.82, 2.24) is 10.2 Å². The minimum absolute atomic E-state index is 0.0175. The summed E-state index contributed by atoms with van der Waals surface area (Å²) in [6, 6.07) is 16.8. The lowest BCUT2D eigenvalue weighted by Gasteiger charge is -2.33. The summed E-state index contributed by atoms with van der Waals surface area (Å²) in [5.41, 5.74) is 3.60. The van der Waals surface area contributed by atoms with Crippen molar-refractivity contribution in [3.05, 3.63) is 94.8 Å². The molecule has 0 radical (unpaired) electrons. The van der Waals surface area contributed by atoms with E-state index in [1.165, 1.54) is 29.2 Å². The van der Waals surface area contributed by atoms with E-state index in [0.717, 1.165) is 53.1 Å². The smallest absolute Gasteiger partial charge is 0.264 e. The van der Waals surface area contributed by atoms with Crippen LogP contribution < -0.4 is 9.62 Å². The van der Waals surface area contributed by atoms with Gasteiger partial charge >= 0.3 is 0 Å². The zero-order valence-electron chi connectivity index (χ0n) is 24.8. The summed E-state index contributed by atoms with van der Waals surface area (Å²) in [5.74, 6) is -1.25. The Labute approximate surface area is 248 Å². The Morgan fingerprint density at radius 2 is 1.48 bits per heavy atom. The number of amides is 2. The Balaban J connectivity index is 1.69. The van der Waals surface area contributed by atoms with Gasteiger partial charge < -0.3 is 10.2 Å². The fraction of sp³-hybridized carbons (Fsp3) is 0.394. The fourth-order valence-electron chi connectivity index (χ4n) is 5.40. The molecule has 1 fully saturated rings. The van der Waals surface area contributed by atoms with Crippen molar-refractivity contribution in [3.8, 4) is 0 Å². The maximum atomic E-state index is 14.1. The number of benzene rings is 3. The molecule has 1 N–H and O–H groups in total. The van der Waals surface area contributed by atoms with E-state index in [1.807, 2.05) is 26.8 Å². The monoisotopic (exact) mass is 593 g/mol. The summed E-state index contributed by atoms with van der Waals surface area (Å²) < 4.78 is 42.8. The predicted octanol–water partition coefficient (Wildman–Crippen LogP) is 5.81. The van der Waals surface area contributed by atoms with Crippen molar-refractivity contribution in [3.63, 3.8) is 0 Å². The summed E-state index contributed by atoms with van der Waals surface area (Å²) >= 11 is 0. The normalized spacial score (nSPS) is 14.7. The highest BCUT2D eigenvalue weighted by Gasteiger charge is 2.33. The number of aryl methyl sites for hydroxylation is 3. The molecule has 42 heavy (non-hydrogen) atoms. The van der Waals surface area contributed by atoms with Crippen molar-refractivity contribution < 1.29 is 22.4 Å². The van der Waals surface area contributed by atoms with Gasteiger partial charge in [0.2, 0.25) is 11.8 Å². The average molecular weight is 594 g/mol. The van der Waals surface area contributed by atoms with E-state index in [2.05, 4.69) is 5.32 Å². The first-order valence-electron chi connectivity index (χ1n) is 14.5. The van der Waals surface area contributed by atoms with E-state index < -0.39 is 34.3 Å². The standard InChI is InChI=1S/C33H40FN3O4S/c1-23-10-16-31(17-11-23)42(40,41)37(30-19-24(2)18-25(3)20-30)22-32(38)36(21-27-12-14-28(34)15-13-27)26(4)33(39)35-29-8-6-5-7-9-29/h10-20,26,29H,5-9,21-22H2,1-4H3,(H,35,39)/t26-/m1/s1. The molecule has 0 bridgehead atoms. The largest absolute Gasteiger partial charge is 0.352 e. The molecule has 1 aliphatic rings. The molecule has 1 aliphatic carbocycles. The molecule has 7 nitrogen and oxygen atoms in total. The summed E-state index contributed by atoms with van der Waals surface area (Å²) in [6.45, 7) is 6.76. The molecule has 0 saturated heterocycles. The van der Waals surface area contributed by atoms with Crippen molar-refractivity contribution >= 4 is 27.5 Å². The molecule has 3 aromatic rings. The van der Waals surface area contributed by atoms with Gasteiger partial charge in [0, 0.05) is 12.6 Å². The van der Waals surface area contributed by atoms with Gasteiger partial charge in [-0.05, 0) is 93.6 Å². The zero-order valence-corrected chi connectivity index (χ0v) is 25.6. The highest BCUT2D eigenvalue weighted by molar-refractivity contribution is 7.92. The molecule has 2 amide bonds. The third-order valence-corrected chi connectivity index (χ3v) is 9.56. The minimum Gasteiger partial charge on any atom is -0.352 e. The van der Waals surface area contributed by atoms with E-state index in [0.29, 0.717) is 11.3 Å². The van der Waals surface area contributed by atoms with Gasteiger partial charge in [-0.3, -0.25) is 13.9 Å². The molecule has 0 spiro atoms. The molecule has 0 heterocycles. The van der Waals surface area contributed by atoms with E-state index in [-0.39, 0.29) is 23.4 Å². The predicted molar refractivity (Wildman–Crippen MR) is 163 cm³/mol. The number of carbonyl (C=O) groups is 2. The molecule has 0 unspecified atom stereocenters. The van der Waals surface area contributed by atoms with Crippen LogP contribution in [0.3, 0.4) is 0 Å². The third kappa shape index (κ3) is 7.76. The Bertz CT molecular complexity index is 1480. The molecule has 1 atom stereocenters. The highest BCUT2D eigenvalue weighted by Crippen LogP contribution is 2.27. The Morgan fingerprint density at radius 3 is 2.07 bits per heavy atom. The van der Waals surface area contributed by atoms with Crippen LogP contribution in [0.15, 0.2) is 71.6 Å². The molecule has 224 valence electrons. The number of halogens is 1. The minimum atomic E-state index is -4.14. The summed E-state index contributed by atoms with van der Waals surface area (Å²) in [4.78, 5) is 28.9. The first kappa shape index (κ1) is 31.2. The van der Waals surface area contributed by atoms with Crippen LogP contribution in [0.5, 0.6) is 0 Å². The number of hydrogen-bond donors (Lipinski definition) is 1. The summed E-state index contributed by atoms with van der Waals surface area (Å²) in [7, 11) is -4.14. The van der Waals surface area contributed by atoms with Gasteiger partial charge in [0.25, 0.3) is 10.0 Å². The van der Waals surface area contributed by atoms with Crippen LogP contribution in [0.1, 0.15) is 61.3 Å². The van der Waals surface area contributed by atoms with Gasteiger partial charge in [0.05, 0.1) is 10.6 Å². The Morgan fingerprint density at radius 1 is 0.881 bits per heavy atom. The summed E-state index contributed by atoms with van der Waals surface area (Å²) in [6.07, 6.45) is 5.00. The van der Waals surface area contributed by atoms with Gasteiger partial charge in [0.15, 0.2) is 0 Å². The van der Waals surface area contributed by atoms with Gasteiger partial charge in [-0.15, -0.1) is 0 Å². The SMILES string of the molecule is Cc1ccc(S(=O)(=O)N(CC(=O)N(Cc2ccc(F)cc2)[C@H](C)C(=O)NC2CCCCC2)c2cc(C)cc(C)c2)cc1. The van der Waals surface area contributed by atoms with Crippen molar-refractivity contribution in [1.29, 1.82) is 0 Å². The number of carbonyl (C=O) groups excluding carboxylic acids is 2. The average Bonchev–Trinajstić information content (AvgIpc) is 2.95. The van der Waals surface area contributed by atoms with E-state index >= 15 is 0 Å². The molecular weight excluding hydrogens is 553 g/mol. The third-order valence-electron chi connectivity index (χ3n) is 7.77. The van der Waals surface area contributed by atoms with E-state index in [1.54, 1.807) is 43.3 Å². The van der Waals surface area contributed by atoms with Crippen LogP contribution in [-0.4, -0.2) is 43.8 Å². The van der Waals surface area contributed by atoms with Crippen LogP contribution in [0.4, 0.5) is 10.1 Å². The lowest BCUT2D eigenvalue weighted by atomic mass is 9.95. The van der Waals surface area contributed by atoms with Crippen LogP contribution in [0, 0.1) is 26.6 Å². The number of rotatable bonds is 10. The van der Waals surface area contributed by atoms with Crippen molar-refractivity contribution in [2.24, 2.45) is 0 Å². The second-order valence-electron chi connectivity index (χ2n) is 11.3. The zero-order chi connectivity index (χ0) is 30.4. The maximum absolute atomic E-state index is 14.1.